The summed E-state index contributed by atoms with van der Waals surface area (Å²) >= 11 is 0. The van der Waals surface area contributed by atoms with E-state index in [4.69, 9.17) is 5.26 Å². The van der Waals surface area contributed by atoms with Crippen LogP contribution in [-0.4, -0.2) is 48.5 Å². The highest BCUT2D eigenvalue weighted by atomic mass is 15.2. The van der Waals surface area contributed by atoms with E-state index in [9.17, 15) is 0 Å². The first-order valence-electron chi connectivity index (χ1n) is 6.38. The zero-order valence-corrected chi connectivity index (χ0v) is 11.6. The van der Waals surface area contributed by atoms with Gasteiger partial charge in [0.2, 0.25) is 0 Å². The van der Waals surface area contributed by atoms with Crippen molar-refractivity contribution in [2.24, 2.45) is 0 Å². The monoisotopic (exact) mass is 246 g/mol. The smallest absolute Gasteiger partial charge is 0.144 e. The quantitative estimate of drug-likeness (QED) is 0.735. The molecule has 4 nitrogen and oxygen atoms in total. The maximum absolute atomic E-state index is 9.04. The van der Waals surface area contributed by atoms with Gasteiger partial charge in [0.15, 0.2) is 0 Å². The van der Waals surface area contributed by atoms with E-state index >= 15 is 0 Å². The van der Waals surface area contributed by atoms with Gasteiger partial charge in [-0.25, -0.2) is 4.98 Å². The number of rotatable bonds is 7. The summed E-state index contributed by atoms with van der Waals surface area (Å²) in [4.78, 5) is 8.66. The fraction of sp³-hybridized carbons (Fsp3) is 0.571. The van der Waals surface area contributed by atoms with Crippen molar-refractivity contribution >= 4 is 0 Å². The van der Waals surface area contributed by atoms with E-state index in [0.29, 0.717) is 5.69 Å². The molecule has 0 unspecified atom stereocenters. The van der Waals surface area contributed by atoms with Gasteiger partial charge in [0, 0.05) is 31.4 Å². The van der Waals surface area contributed by atoms with E-state index in [2.05, 4.69) is 41.9 Å². The first-order chi connectivity index (χ1) is 8.67. The predicted molar refractivity (Wildman–Crippen MR) is 73.1 cm³/mol. The first-order valence-corrected chi connectivity index (χ1v) is 6.38. The third-order valence-corrected chi connectivity index (χ3v) is 2.79. The van der Waals surface area contributed by atoms with Gasteiger partial charge in [0.25, 0.3) is 0 Å². The second-order valence-electron chi connectivity index (χ2n) is 4.70. The lowest BCUT2D eigenvalue weighted by atomic mass is 10.2. The molecule has 0 radical (unpaired) electrons. The summed E-state index contributed by atoms with van der Waals surface area (Å²) in [6.07, 6.45) is 2.79. The minimum absolute atomic E-state index is 0.545. The summed E-state index contributed by atoms with van der Waals surface area (Å²) in [5.74, 6) is 0. The number of nitriles is 1. The molecule has 1 rings (SSSR count). The molecule has 0 saturated heterocycles. The fourth-order valence-corrected chi connectivity index (χ4v) is 1.84. The molecule has 0 aliphatic rings. The van der Waals surface area contributed by atoms with Gasteiger partial charge in [-0.15, -0.1) is 0 Å². The van der Waals surface area contributed by atoms with E-state index in [1.807, 2.05) is 12.1 Å². The van der Waals surface area contributed by atoms with E-state index < -0.39 is 0 Å². The summed E-state index contributed by atoms with van der Waals surface area (Å²) in [6, 6.07) is 6.04. The fourth-order valence-electron chi connectivity index (χ4n) is 1.84. The van der Waals surface area contributed by atoms with Crippen molar-refractivity contribution in [3.8, 4) is 6.07 Å². The van der Waals surface area contributed by atoms with Crippen molar-refractivity contribution in [2.45, 2.75) is 19.9 Å². The molecule has 0 aliphatic heterocycles. The Kier molecular flexibility index (Phi) is 6.34. The average Bonchev–Trinajstić information content (AvgIpc) is 2.37. The molecule has 1 aromatic rings. The molecule has 0 saturated carbocycles. The lowest BCUT2D eigenvalue weighted by Gasteiger charge is -2.23. The zero-order chi connectivity index (χ0) is 13.4. The Morgan fingerprint density at radius 3 is 2.67 bits per heavy atom. The van der Waals surface area contributed by atoms with E-state index in [1.54, 1.807) is 6.20 Å². The number of hydrogen-bond donors (Lipinski definition) is 0. The third-order valence-electron chi connectivity index (χ3n) is 2.79. The second-order valence-corrected chi connectivity index (χ2v) is 4.70. The van der Waals surface area contributed by atoms with Crippen molar-refractivity contribution < 1.29 is 0 Å². The Bertz CT molecular complexity index is 395. The maximum atomic E-state index is 9.04. The van der Waals surface area contributed by atoms with Crippen LogP contribution < -0.4 is 0 Å². The van der Waals surface area contributed by atoms with Gasteiger partial charge >= 0.3 is 0 Å². The van der Waals surface area contributed by atoms with Crippen molar-refractivity contribution in [1.82, 2.24) is 14.8 Å². The summed E-state index contributed by atoms with van der Waals surface area (Å²) in [5.41, 5.74) is 1.57. The summed E-state index contributed by atoms with van der Waals surface area (Å²) < 4.78 is 0. The van der Waals surface area contributed by atoms with Crippen molar-refractivity contribution in [1.29, 1.82) is 5.26 Å². The van der Waals surface area contributed by atoms with Crippen molar-refractivity contribution in [3.05, 3.63) is 29.6 Å². The molecule has 98 valence electrons. The van der Waals surface area contributed by atoms with Gasteiger partial charge in [0.05, 0.1) is 0 Å². The van der Waals surface area contributed by atoms with Crippen LogP contribution in [0.5, 0.6) is 0 Å². The predicted octanol–water partition coefficient (Wildman–Crippen LogP) is 1.73. The van der Waals surface area contributed by atoms with Crippen LogP contribution in [0, 0.1) is 11.3 Å². The molecule has 4 heteroatoms. The molecule has 1 heterocycles. The molecule has 18 heavy (non-hydrogen) atoms. The van der Waals surface area contributed by atoms with Crippen LogP contribution in [0.25, 0.3) is 0 Å². The number of aromatic nitrogens is 1. The van der Waals surface area contributed by atoms with Crippen LogP contribution >= 0.6 is 0 Å². The molecule has 0 aliphatic carbocycles. The molecular weight excluding hydrogens is 224 g/mol. The molecule has 0 fully saturated rings. The molecule has 0 N–H and O–H groups in total. The molecule has 1 aromatic heterocycles. The number of hydrogen-bond acceptors (Lipinski definition) is 4. The lowest BCUT2D eigenvalue weighted by Crippen LogP contribution is -2.32. The van der Waals surface area contributed by atoms with Crippen LogP contribution in [0.2, 0.25) is 0 Å². The molecular formula is C14H22N4. The molecule has 0 atom stereocenters. The molecule has 0 spiro atoms. The second kappa shape index (κ2) is 7.80. The minimum atomic E-state index is 0.545. The van der Waals surface area contributed by atoms with Gasteiger partial charge in [-0.2, -0.15) is 5.26 Å². The van der Waals surface area contributed by atoms with Gasteiger partial charge in [0.1, 0.15) is 11.8 Å². The van der Waals surface area contributed by atoms with Crippen LogP contribution in [0.4, 0.5) is 0 Å². The first kappa shape index (κ1) is 14.6. The Balaban J connectivity index is 2.67. The van der Waals surface area contributed by atoms with Gasteiger partial charge in [-0.3, -0.25) is 4.90 Å². The summed E-state index contributed by atoms with van der Waals surface area (Å²) in [6.45, 7) is 6.08. The summed E-state index contributed by atoms with van der Waals surface area (Å²) in [5, 5.41) is 9.04. The number of nitrogens with zero attached hydrogens (tertiary/aromatic N) is 4. The van der Waals surface area contributed by atoms with Gasteiger partial charge < -0.3 is 4.90 Å². The molecule has 0 amide bonds. The van der Waals surface area contributed by atoms with E-state index in [-0.39, 0.29) is 0 Å². The topological polar surface area (TPSA) is 43.2 Å². The Hall–Kier alpha value is -1.44. The number of pyridine rings is 1. The minimum Gasteiger partial charge on any atom is -0.308 e. The van der Waals surface area contributed by atoms with Crippen molar-refractivity contribution in [2.75, 3.05) is 33.7 Å². The zero-order valence-electron chi connectivity index (χ0n) is 11.6. The van der Waals surface area contributed by atoms with E-state index in [0.717, 1.165) is 38.2 Å². The lowest BCUT2D eigenvalue weighted by molar-refractivity contribution is 0.233. The maximum Gasteiger partial charge on any atom is 0.144 e. The summed E-state index contributed by atoms with van der Waals surface area (Å²) in [7, 11) is 4.16. The Morgan fingerprint density at radius 1 is 1.28 bits per heavy atom. The average molecular weight is 246 g/mol. The van der Waals surface area contributed by atoms with E-state index in [1.165, 1.54) is 0 Å². The van der Waals surface area contributed by atoms with Crippen LogP contribution in [-0.2, 0) is 6.54 Å². The largest absolute Gasteiger partial charge is 0.308 e. The standard InChI is InChI=1S/C14H22N4/c1-4-8-18(10-9-17(2)3)12-13-6-5-7-16-14(13)11-15/h5-7H,4,8-10,12H2,1-3H3. The number of likely N-dealkylation sites (N-methyl/N-ethyl adjacent to an activating group) is 1. The van der Waals surface area contributed by atoms with Crippen LogP contribution in [0.15, 0.2) is 18.3 Å². The van der Waals surface area contributed by atoms with Crippen LogP contribution in [0.1, 0.15) is 24.6 Å². The highest BCUT2D eigenvalue weighted by Gasteiger charge is 2.09. The Morgan fingerprint density at radius 2 is 2.06 bits per heavy atom. The SMILES string of the molecule is CCCN(CCN(C)C)Cc1cccnc1C#N. The Labute approximate surface area is 110 Å². The van der Waals surface area contributed by atoms with Crippen LogP contribution in [0.3, 0.4) is 0 Å². The van der Waals surface area contributed by atoms with Gasteiger partial charge in [-0.1, -0.05) is 13.0 Å². The highest BCUT2D eigenvalue weighted by Crippen LogP contribution is 2.08. The van der Waals surface area contributed by atoms with Gasteiger partial charge in [-0.05, 0) is 33.1 Å². The highest BCUT2D eigenvalue weighted by molar-refractivity contribution is 5.30. The normalized spacial score (nSPS) is 10.9. The molecule has 0 bridgehead atoms. The molecule has 0 aromatic carbocycles. The third kappa shape index (κ3) is 4.82. The van der Waals surface area contributed by atoms with Crippen molar-refractivity contribution in [3.63, 3.8) is 0 Å².